The predicted octanol–water partition coefficient (Wildman–Crippen LogP) is 2.06. The third-order valence-corrected chi connectivity index (χ3v) is 8.86. The number of oxazole rings is 1. The molecule has 0 unspecified atom stereocenters. The Hall–Kier alpha value is -4.22. The number of aromatic hydroxyl groups is 2. The van der Waals surface area contributed by atoms with Gasteiger partial charge < -0.3 is 35.6 Å². The molecule has 2 atom stereocenters. The van der Waals surface area contributed by atoms with Gasteiger partial charge in [-0.15, -0.1) is 23.1 Å². The van der Waals surface area contributed by atoms with Crippen molar-refractivity contribution in [2.45, 2.75) is 23.6 Å². The van der Waals surface area contributed by atoms with Crippen molar-refractivity contribution in [2.24, 2.45) is 5.16 Å². The number of nitrogens with one attached hydrogen (secondary N) is 1. The second-order valence-corrected chi connectivity index (χ2v) is 11.5. The largest absolute Gasteiger partial charge is 0.504 e. The molecule has 6 N–H and O–H groups in total. The van der Waals surface area contributed by atoms with E-state index >= 15 is 0 Å². The molecule has 2 amide bonds. The lowest BCUT2D eigenvalue weighted by atomic mass is 10.0. The number of nitrogens with two attached hydrogens (primary N) is 1. The summed E-state index contributed by atoms with van der Waals surface area (Å²) in [4.78, 5) is 52.7. The number of nitrogens with zero attached hydrogens (tertiary/aromatic N) is 4. The van der Waals surface area contributed by atoms with Crippen LogP contribution in [0.15, 0.2) is 55.8 Å². The molecule has 0 bridgehead atoms. The van der Waals surface area contributed by atoms with Crippen LogP contribution in [0, 0.1) is 0 Å². The molecule has 2 aliphatic rings. The zero-order valence-electron chi connectivity index (χ0n) is 21.1. The smallest absolute Gasteiger partial charge is 0.352 e. The quantitative estimate of drug-likeness (QED) is 0.0724. The van der Waals surface area contributed by atoms with Gasteiger partial charge in [0.15, 0.2) is 28.1 Å². The van der Waals surface area contributed by atoms with E-state index in [9.17, 15) is 29.7 Å². The van der Waals surface area contributed by atoms with E-state index in [2.05, 4.69) is 20.4 Å². The summed E-state index contributed by atoms with van der Waals surface area (Å²) in [6, 6.07) is 3.22. The normalized spacial score (nSPS) is 18.6. The van der Waals surface area contributed by atoms with Gasteiger partial charge in [-0.05, 0) is 30.7 Å². The number of carbonyl (C=O) groups is 3. The van der Waals surface area contributed by atoms with Crippen LogP contribution in [0.1, 0.15) is 12.6 Å². The number of thiazole rings is 1. The van der Waals surface area contributed by atoms with Crippen molar-refractivity contribution in [2.75, 3.05) is 23.8 Å². The summed E-state index contributed by atoms with van der Waals surface area (Å²) in [7, 11) is 0. The Bertz CT molecular complexity index is 1580. The minimum atomic E-state index is -1.27. The SMILES string of the molecule is CCON=C(C(=O)N[C@@H]1C(=O)N2C(C(=O)O)=C(CSc3ncc(-c4ccc(O)c(O)c4)o3)CS[C@H]12)c1csc(N)n1. The van der Waals surface area contributed by atoms with Crippen LogP contribution in [0.5, 0.6) is 11.5 Å². The second-order valence-electron chi connectivity index (χ2n) is 8.53. The zero-order chi connectivity index (χ0) is 29.3. The van der Waals surface area contributed by atoms with E-state index in [1.165, 1.54) is 35.5 Å². The summed E-state index contributed by atoms with van der Waals surface area (Å²) < 4.78 is 5.70. The van der Waals surface area contributed by atoms with Gasteiger partial charge in [0.1, 0.15) is 29.4 Å². The van der Waals surface area contributed by atoms with Gasteiger partial charge >= 0.3 is 5.97 Å². The van der Waals surface area contributed by atoms with Gasteiger partial charge in [-0.1, -0.05) is 16.9 Å². The molecule has 0 spiro atoms. The molecule has 214 valence electrons. The van der Waals surface area contributed by atoms with Gasteiger partial charge in [-0.2, -0.15) is 0 Å². The number of hydrogen-bond acceptors (Lipinski definition) is 14. The molecule has 1 fully saturated rings. The number of phenols is 2. The Balaban J connectivity index is 1.28. The lowest BCUT2D eigenvalue weighted by Crippen LogP contribution is -2.71. The van der Waals surface area contributed by atoms with E-state index in [4.69, 9.17) is 15.0 Å². The van der Waals surface area contributed by atoms with E-state index in [0.717, 1.165) is 28.0 Å². The molecule has 3 aromatic rings. The summed E-state index contributed by atoms with van der Waals surface area (Å²) in [5.74, 6) is -2.31. The lowest BCUT2D eigenvalue weighted by molar-refractivity contribution is -0.150. The van der Waals surface area contributed by atoms with Crippen molar-refractivity contribution in [3.8, 4) is 22.8 Å². The molecule has 0 saturated carbocycles. The number of benzene rings is 1. The van der Waals surface area contributed by atoms with Crippen LogP contribution in [-0.4, -0.2) is 83.2 Å². The van der Waals surface area contributed by atoms with Crippen molar-refractivity contribution < 1.29 is 39.0 Å². The van der Waals surface area contributed by atoms with Gasteiger partial charge in [-0.25, -0.2) is 14.8 Å². The average molecular weight is 619 g/mol. The van der Waals surface area contributed by atoms with Crippen LogP contribution in [0.3, 0.4) is 0 Å². The monoisotopic (exact) mass is 618 g/mol. The molecule has 2 aliphatic heterocycles. The molecule has 1 saturated heterocycles. The van der Waals surface area contributed by atoms with Crippen LogP contribution in [0.25, 0.3) is 11.3 Å². The number of carbonyl (C=O) groups excluding carboxylic acids is 2. The Morgan fingerprint density at radius 1 is 1.34 bits per heavy atom. The van der Waals surface area contributed by atoms with Gasteiger partial charge in [0.25, 0.3) is 17.0 Å². The Morgan fingerprint density at radius 2 is 2.15 bits per heavy atom. The highest BCUT2D eigenvalue weighted by Gasteiger charge is 2.54. The van der Waals surface area contributed by atoms with Gasteiger partial charge in [0, 0.05) is 22.4 Å². The number of anilines is 1. The van der Waals surface area contributed by atoms with Crippen molar-refractivity contribution >= 4 is 63.5 Å². The molecule has 4 heterocycles. The van der Waals surface area contributed by atoms with E-state index in [1.807, 2.05) is 0 Å². The molecular formula is C24H22N6O8S3. The molecule has 0 radical (unpaired) electrons. The fourth-order valence-corrected chi connectivity index (χ4v) is 6.85. The number of β-lactam (4-membered cyclic amide) rings is 1. The summed E-state index contributed by atoms with van der Waals surface area (Å²) in [6.45, 7) is 1.89. The number of oxime groups is 1. The molecule has 0 aliphatic carbocycles. The molecule has 5 rings (SSSR count). The fraction of sp³-hybridized carbons (Fsp3) is 0.250. The average Bonchev–Trinajstić information content (AvgIpc) is 3.60. The number of carboxylic acids is 1. The fourth-order valence-electron chi connectivity index (χ4n) is 4.02. The summed E-state index contributed by atoms with van der Waals surface area (Å²) in [6.07, 6.45) is 1.45. The number of phenolic OH excluding ortho intramolecular Hbond substituents is 2. The summed E-state index contributed by atoms with van der Waals surface area (Å²) in [5.41, 5.74) is 6.55. The highest BCUT2D eigenvalue weighted by atomic mass is 32.2. The first-order chi connectivity index (χ1) is 19.7. The van der Waals surface area contributed by atoms with Crippen LogP contribution in [0.2, 0.25) is 0 Å². The van der Waals surface area contributed by atoms with Crippen LogP contribution >= 0.6 is 34.9 Å². The topological polar surface area (TPSA) is 214 Å². The molecule has 2 aromatic heterocycles. The number of carboxylic acid groups (broad SMARTS) is 1. The second kappa shape index (κ2) is 11.7. The summed E-state index contributed by atoms with van der Waals surface area (Å²) >= 11 is 3.57. The minimum Gasteiger partial charge on any atom is -0.504 e. The molecule has 1 aromatic carbocycles. The highest BCUT2D eigenvalue weighted by Crippen LogP contribution is 2.42. The van der Waals surface area contributed by atoms with Gasteiger partial charge in [0.05, 0.1) is 6.20 Å². The lowest BCUT2D eigenvalue weighted by Gasteiger charge is -2.49. The van der Waals surface area contributed by atoms with E-state index in [1.54, 1.807) is 13.0 Å². The van der Waals surface area contributed by atoms with Crippen molar-refractivity contribution in [1.29, 1.82) is 0 Å². The maximum atomic E-state index is 13.1. The van der Waals surface area contributed by atoms with Crippen LogP contribution < -0.4 is 11.1 Å². The number of nitrogen functional groups attached to an aromatic ring is 1. The Labute approximate surface area is 244 Å². The molecule has 14 nitrogen and oxygen atoms in total. The predicted molar refractivity (Wildman–Crippen MR) is 150 cm³/mol. The maximum Gasteiger partial charge on any atom is 0.352 e. The molecular weight excluding hydrogens is 596 g/mol. The number of rotatable bonds is 10. The Morgan fingerprint density at radius 3 is 2.83 bits per heavy atom. The van der Waals surface area contributed by atoms with Crippen molar-refractivity contribution in [3.05, 3.63) is 46.7 Å². The first-order valence-electron chi connectivity index (χ1n) is 11.9. The van der Waals surface area contributed by atoms with Gasteiger partial charge in [-0.3, -0.25) is 14.5 Å². The standard InChI is InChI=1S/C24H22N6O8S3/c1-2-37-29-16(12-9-40-23(25)27-12)19(33)28-17-20(34)30-18(22(35)36)11(7-39-21(17)30)8-41-24-26-6-15(38-24)10-3-4-13(31)14(32)5-10/h3-6,9,17,21,31-32H,2,7-8H2,1H3,(H2,25,27)(H,28,33)(H,35,36)/t17-,21-/m1/s1. The third kappa shape index (κ3) is 5.68. The number of fused-ring (bicyclic) bond motifs is 1. The van der Waals surface area contributed by atoms with Crippen molar-refractivity contribution in [1.82, 2.24) is 20.2 Å². The first-order valence-corrected chi connectivity index (χ1v) is 14.8. The van der Waals surface area contributed by atoms with E-state index in [-0.39, 0.29) is 57.1 Å². The van der Waals surface area contributed by atoms with E-state index < -0.39 is 29.2 Å². The summed E-state index contributed by atoms with van der Waals surface area (Å²) in [5, 5.41) is 37.0. The highest BCUT2D eigenvalue weighted by molar-refractivity contribution is 8.01. The molecule has 17 heteroatoms. The number of aliphatic carboxylic acids is 1. The van der Waals surface area contributed by atoms with E-state index in [0.29, 0.717) is 16.9 Å². The number of hydrogen-bond donors (Lipinski definition) is 5. The third-order valence-electron chi connectivity index (χ3n) is 5.92. The van der Waals surface area contributed by atoms with Crippen molar-refractivity contribution in [3.63, 3.8) is 0 Å². The minimum absolute atomic E-state index is 0.147. The first kappa shape index (κ1) is 28.3. The van der Waals surface area contributed by atoms with Crippen LogP contribution in [-0.2, 0) is 19.2 Å². The van der Waals surface area contributed by atoms with Gasteiger partial charge in [0.2, 0.25) is 0 Å². The number of thioether (sulfide) groups is 2. The maximum absolute atomic E-state index is 13.1. The molecule has 41 heavy (non-hydrogen) atoms. The van der Waals surface area contributed by atoms with Crippen LogP contribution in [0.4, 0.5) is 5.13 Å². The number of aromatic nitrogens is 2. The zero-order valence-corrected chi connectivity index (χ0v) is 23.6. The number of amides is 2. The Kier molecular flexibility index (Phi) is 8.09.